The lowest BCUT2D eigenvalue weighted by Crippen LogP contribution is -2.36. The zero-order valence-electron chi connectivity index (χ0n) is 15.1. The summed E-state index contributed by atoms with van der Waals surface area (Å²) in [4.78, 5) is 14.7. The highest BCUT2D eigenvalue weighted by molar-refractivity contribution is 5.92. The molecule has 25 heavy (non-hydrogen) atoms. The van der Waals surface area contributed by atoms with Gasteiger partial charge in [0, 0.05) is 24.1 Å². The van der Waals surface area contributed by atoms with Crippen molar-refractivity contribution in [3.05, 3.63) is 53.4 Å². The largest absolute Gasteiger partial charge is 0.388 e. The van der Waals surface area contributed by atoms with Crippen LogP contribution in [-0.4, -0.2) is 33.7 Å². The Hall–Kier alpha value is -2.14. The summed E-state index contributed by atoms with van der Waals surface area (Å²) in [7, 11) is 0. The van der Waals surface area contributed by atoms with E-state index < -0.39 is 6.10 Å². The third kappa shape index (κ3) is 3.93. The lowest BCUT2D eigenvalue weighted by Gasteiger charge is -2.26. The van der Waals surface area contributed by atoms with Crippen molar-refractivity contribution in [1.82, 2.24) is 10.1 Å². The van der Waals surface area contributed by atoms with Gasteiger partial charge in [0.1, 0.15) is 5.76 Å². The van der Waals surface area contributed by atoms with Crippen molar-refractivity contribution < 1.29 is 14.4 Å². The Morgan fingerprint density at radius 2 is 2.08 bits per heavy atom. The van der Waals surface area contributed by atoms with E-state index in [0.29, 0.717) is 24.4 Å². The second kappa shape index (κ2) is 7.00. The smallest absolute Gasteiger partial charge is 0.276 e. The Kier molecular flexibility index (Phi) is 4.95. The minimum atomic E-state index is -0.568. The summed E-state index contributed by atoms with van der Waals surface area (Å²) in [5, 5.41) is 14.5. The van der Waals surface area contributed by atoms with Crippen molar-refractivity contribution in [2.45, 2.75) is 57.6 Å². The molecule has 1 aromatic carbocycles. The van der Waals surface area contributed by atoms with Crippen molar-refractivity contribution in [2.75, 3.05) is 6.54 Å². The van der Waals surface area contributed by atoms with Crippen molar-refractivity contribution in [1.29, 1.82) is 0 Å². The van der Waals surface area contributed by atoms with Crippen LogP contribution in [-0.2, 0) is 5.41 Å². The molecule has 3 rings (SSSR count). The molecule has 1 N–H and O–H groups in total. The van der Waals surface area contributed by atoms with Gasteiger partial charge in [0.25, 0.3) is 5.91 Å². The summed E-state index contributed by atoms with van der Waals surface area (Å²) >= 11 is 0. The van der Waals surface area contributed by atoms with Gasteiger partial charge in [0.2, 0.25) is 0 Å². The van der Waals surface area contributed by atoms with Gasteiger partial charge in [-0.25, -0.2) is 0 Å². The fraction of sp³-hybridized carbons (Fsp3) is 0.500. The molecule has 134 valence electrons. The average Bonchev–Trinajstić information content (AvgIpc) is 3.24. The summed E-state index contributed by atoms with van der Waals surface area (Å²) in [6.07, 6.45) is 1.82. The molecule has 2 unspecified atom stereocenters. The SMILES string of the molecule is CC(C)(C)c1cc(C(=O)N2CCCC2CC(O)c2ccccc2)no1. The van der Waals surface area contributed by atoms with E-state index in [1.807, 2.05) is 56.0 Å². The summed E-state index contributed by atoms with van der Waals surface area (Å²) in [6.45, 7) is 6.77. The number of aliphatic hydroxyl groups is 1. The summed E-state index contributed by atoms with van der Waals surface area (Å²) < 4.78 is 5.35. The number of amides is 1. The van der Waals surface area contributed by atoms with E-state index in [4.69, 9.17) is 4.52 Å². The first-order valence-electron chi connectivity index (χ1n) is 8.87. The summed E-state index contributed by atoms with van der Waals surface area (Å²) in [6, 6.07) is 11.4. The van der Waals surface area contributed by atoms with E-state index in [9.17, 15) is 9.90 Å². The number of benzene rings is 1. The van der Waals surface area contributed by atoms with Gasteiger partial charge in [-0.15, -0.1) is 0 Å². The van der Waals surface area contributed by atoms with Crippen LogP contribution in [0.1, 0.15) is 67.9 Å². The number of carbonyl (C=O) groups is 1. The van der Waals surface area contributed by atoms with Crippen LogP contribution in [0.4, 0.5) is 0 Å². The predicted octanol–water partition coefficient (Wildman–Crippen LogP) is 3.70. The number of hydrogen-bond donors (Lipinski definition) is 1. The van der Waals surface area contributed by atoms with Crippen LogP contribution in [0.25, 0.3) is 0 Å². The third-order valence-corrected chi connectivity index (χ3v) is 4.79. The zero-order valence-corrected chi connectivity index (χ0v) is 15.1. The molecule has 2 atom stereocenters. The van der Waals surface area contributed by atoms with Crippen molar-refractivity contribution in [3.8, 4) is 0 Å². The highest BCUT2D eigenvalue weighted by Gasteiger charge is 2.33. The maximum absolute atomic E-state index is 12.8. The van der Waals surface area contributed by atoms with E-state index in [0.717, 1.165) is 18.4 Å². The summed E-state index contributed by atoms with van der Waals surface area (Å²) in [5.41, 5.74) is 1.06. The molecule has 0 aliphatic carbocycles. The van der Waals surface area contributed by atoms with Gasteiger partial charge in [-0.05, 0) is 24.8 Å². The molecule has 0 radical (unpaired) electrons. The normalized spacial score (nSPS) is 19.2. The molecule has 1 amide bonds. The minimum absolute atomic E-state index is 0.0255. The van der Waals surface area contributed by atoms with Crippen LogP contribution in [0.3, 0.4) is 0 Å². The van der Waals surface area contributed by atoms with E-state index in [2.05, 4.69) is 5.16 Å². The number of nitrogens with zero attached hydrogens (tertiary/aromatic N) is 2. The molecular weight excluding hydrogens is 316 g/mol. The van der Waals surface area contributed by atoms with Crippen molar-refractivity contribution in [2.24, 2.45) is 0 Å². The number of carbonyl (C=O) groups excluding carboxylic acids is 1. The molecule has 0 bridgehead atoms. The number of hydrogen-bond acceptors (Lipinski definition) is 4. The van der Waals surface area contributed by atoms with Gasteiger partial charge in [-0.1, -0.05) is 56.3 Å². The molecule has 5 nitrogen and oxygen atoms in total. The van der Waals surface area contributed by atoms with Gasteiger partial charge in [-0.3, -0.25) is 4.79 Å². The zero-order chi connectivity index (χ0) is 18.0. The first-order chi connectivity index (χ1) is 11.9. The molecule has 1 aromatic heterocycles. The van der Waals surface area contributed by atoms with Gasteiger partial charge in [0.15, 0.2) is 5.69 Å². The minimum Gasteiger partial charge on any atom is -0.388 e. The monoisotopic (exact) mass is 342 g/mol. The second-order valence-corrected chi connectivity index (χ2v) is 7.78. The Balaban J connectivity index is 1.71. The molecule has 1 aliphatic heterocycles. The van der Waals surface area contributed by atoms with Crippen molar-refractivity contribution >= 4 is 5.91 Å². The predicted molar refractivity (Wildman–Crippen MR) is 95.3 cm³/mol. The van der Waals surface area contributed by atoms with Crippen LogP contribution in [0.15, 0.2) is 40.9 Å². The molecule has 2 heterocycles. The van der Waals surface area contributed by atoms with Gasteiger partial charge >= 0.3 is 0 Å². The van der Waals surface area contributed by atoms with E-state index in [-0.39, 0.29) is 17.4 Å². The average molecular weight is 342 g/mol. The first-order valence-corrected chi connectivity index (χ1v) is 8.87. The first kappa shape index (κ1) is 17.7. The second-order valence-electron chi connectivity index (χ2n) is 7.78. The van der Waals surface area contributed by atoms with Crippen LogP contribution < -0.4 is 0 Å². The lowest BCUT2D eigenvalue weighted by atomic mass is 9.93. The lowest BCUT2D eigenvalue weighted by molar-refractivity contribution is 0.0657. The van der Waals surface area contributed by atoms with Gasteiger partial charge in [-0.2, -0.15) is 0 Å². The maximum Gasteiger partial charge on any atom is 0.276 e. The molecule has 5 heteroatoms. The van der Waals surface area contributed by atoms with Crippen LogP contribution in [0.5, 0.6) is 0 Å². The van der Waals surface area contributed by atoms with Gasteiger partial charge in [0.05, 0.1) is 6.10 Å². The van der Waals surface area contributed by atoms with E-state index in [1.54, 1.807) is 6.07 Å². The number of aliphatic hydroxyl groups excluding tert-OH is 1. The van der Waals surface area contributed by atoms with Crippen LogP contribution >= 0.6 is 0 Å². The highest BCUT2D eigenvalue weighted by Crippen LogP contribution is 2.29. The maximum atomic E-state index is 12.8. The Labute approximate surface area is 148 Å². The molecule has 1 aliphatic rings. The topological polar surface area (TPSA) is 66.6 Å². The summed E-state index contributed by atoms with van der Waals surface area (Å²) in [5.74, 6) is 0.595. The number of aromatic nitrogens is 1. The van der Waals surface area contributed by atoms with Crippen LogP contribution in [0.2, 0.25) is 0 Å². The van der Waals surface area contributed by atoms with Crippen molar-refractivity contribution in [3.63, 3.8) is 0 Å². The number of rotatable bonds is 4. The fourth-order valence-electron chi connectivity index (χ4n) is 3.29. The van der Waals surface area contributed by atoms with Crippen LogP contribution in [0, 0.1) is 0 Å². The number of likely N-dealkylation sites (tertiary alicyclic amines) is 1. The van der Waals surface area contributed by atoms with Gasteiger partial charge < -0.3 is 14.5 Å². The Bertz CT molecular complexity index is 718. The van der Waals surface area contributed by atoms with E-state index >= 15 is 0 Å². The molecule has 2 aromatic rings. The quantitative estimate of drug-likeness (QED) is 0.920. The molecule has 1 saturated heterocycles. The van der Waals surface area contributed by atoms with E-state index in [1.165, 1.54) is 0 Å². The molecule has 0 saturated carbocycles. The fourth-order valence-corrected chi connectivity index (χ4v) is 3.29. The highest BCUT2D eigenvalue weighted by atomic mass is 16.5. The molecule has 1 fully saturated rings. The standard InChI is InChI=1S/C20H26N2O3/c1-20(2,3)18-13-16(21-25-18)19(24)22-11-7-10-15(22)12-17(23)14-8-5-4-6-9-14/h4-6,8-9,13,15,17,23H,7,10-12H2,1-3H3. The molecular formula is C20H26N2O3. The Morgan fingerprint density at radius 1 is 1.36 bits per heavy atom. The third-order valence-electron chi connectivity index (χ3n) is 4.79. The molecule has 0 spiro atoms. The Morgan fingerprint density at radius 3 is 2.72 bits per heavy atom.